The molecule has 162 valence electrons. The highest BCUT2D eigenvalue weighted by Gasteiger charge is 2.12. The van der Waals surface area contributed by atoms with Crippen LogP contribution in [0.5, 0.6) is 5.75 Å². The highest BCUT2D eigenvalue weighted by atomic mass is 35.5. The second kappa shape index (κ2) is 11.9. The van der Waals surface area contributed by atoms with Crippen LogP contribution in [0.25, 0.3) is 0 Å². The molecular formula is C20H19ClN4O3S3. The minimum atomic E-state index is -0.233. The minimum Gasteiger partial charge on any atom is -0.495 e. The van der Waals surface area contributed by atoms with Crippen molar-refractivity contribution in [1.29, 1.82) is 0 Å². The standard InChI is InChI=1S/C20H19ClN4O3S3/c1-28-16-8-7-14(21)9-15(16)22-18(27)12-30-20-25-24-19(31-20)23-17(26)11-29-10-13-5-3-2-4-6-13/h2-9H,10-12H2,1H3,(H,22,27)(H,23,24,26). The van der Waals surface area contributed by atoms with E-state index in [2.05, 4.69) is 20.8 Å². The van der Waals surface area contributed by atoms with Crippen molar-refractivity contribution >= 4 is 69.1 Å². The van der Waals surface area contributed by atoms with Gasteiger partial charge in [0.15, 0.2) is 4.34 Å². The molecule has 31 heavy (non-hydrogen) atoms. The lowest BCUT2D eigenvalue weighted by molar-refractivity contribution is -0.114. The minimum absolute atomic E-state index is 0.130. The molecule has 0 radical (unpaired) electrons. The van der Waals surface area contributed by atoms with Crippen LogP contribution in [-0.4, -0.2) is 40.6 Å². The van der Waals surface area contributed by atoms with Crippen LogP contribution >= 0.6 is 46.5 Å². The van der Waals surface area contributed by atoms with Crippen LogP contribution in [0, 0.1) is 0 Å². The lowest BCUT2D eigenvalue weighted by Gasteiger charge is -2.09. The van der Waals surface area contributed by atoms with E-state index in [0.29, 0.717) is 31.7 Å². The number of hydrogen-bond acceptors (Lipinski definition) is 8. The van der Waals surface area contributed by atoms with Crippen LogP contribution in [0.1, 0.15) is 5.56 Å². The third kappa shape index (κ3) is 7.73. The Balaban J connectivity index is 1.42. The summed E-state index contributed by atoms with van der Waals surface area (Å²) >= 11 is 9.95. The molecule has 1 heterocycles. The molecule has 2 aromatic carbocycles. The molecule has 0 spiro atoms. The SMILES string of the molecule is COc1ccc(Cl)cc1NC(=O)CSc1nnc(NC(=O)CSCc2ccccc2)s1. The highest BCUT2D eigenvalue weighted by molar-refractivity contribution is 8.01. The third-order valence-corrected chi connectivity index (χ3v) is 6.97. The zero-order valence-electron chi connectivity index (χ0n) is 16.5. The maximum Gasteiger partial charge on any atom is 0.236 e. The molecule has 0 saturated heterocycles. The number of aromatic nitrogens is 2. The molecule has 11 heteroatoms. The Bertz CT molecular complexity index is 1030. The molecule has 0 unspecified atom stereocenters. The number of anilines is 2. The van der Waals surface area contributed by atoms with Crippen LogP contribution in [0.3, 0.4) is 0 Å². The first-order valence-corrected chi connectivity index (χ1v) is 12.4. The lowest BCUT2D eigenvalue weighted by Crippen LogP contribution is -2.14. The number of nitrogens with one attached hydrogen (secondary N) is 2. The number of thioether (sulfide) groups is 2. The van der Waals surface area contributed by atoms with Gasteiger partial charge < -0.3 is 10.1 Å². The second-order valence-electron chi connectivity index (χ2n) is 6.08. The van der Waals surface area contributed by atoms with Gasteiger partial charge in [0.25, 0.3) is 0 Å². The maximum absolute atomic E-state index is 12.2. The number of methoxy groups -OCH3 is 1. The van der Waals surface area contributed by atoms with E-state index < -0.39 is 0 Å². The van der Waals surface area contributed by atoms with Crippen molar-refractivity contribution in [3.63, 3.8) is 0 Å². The average Bonchev–Trinajstić information content (AvgIpc) is 3.20. The van der Waals surface area contributed by atoms with Gasteiger partial charge in [-0.25, -0.2) is 0 Å². The quantitative estimate of drug-likeness (QED) is 0.309. The number of carbonyl (C=O) groups excluding carboxylic acids is 2. The molecule has 0 atom stereocenters. The summed E-state index contributed by atoms with van der Waals surface area (Å²) < 4.78 is 5.80. The zero-order valence-corrected chi connectivity index (χ0v) is 19.7. The van der Waals surface area contributed by atoms with Gasteiger partial charge in [-0.1, -0.05) is 65.0 Å². The lowest BCUT2D eigenvalue weighted by atomic mass is 10.2. The predicted molar refractivity (Wildman–Crippen MR) is 129 cm³/mol. The van der Waals surface area contributed by atoms with Gasteiger partial charge in [0.2, 0.25) is 16.9 Å². The Hall–Kier alpha value is -2.27. The van der Waals surface area contributed by atoms with E-state index in [-0.39, 0.29) is 17.6 Å². The van der Waals surface area contributed by atoms with Gasteiger partial charge in [0.05, 0.1) is 24.3 Å². The van der Waals surface area contributed by atoms with E-state index in [1.165, 1.54) is 47.5 Å². The molecule has 2 amide bonds. The van der Waals surface area contributed by atoms with E-state index in [4.69, 9.17) is 16.3 Å². The first-order valence-electron chi connectivity index (χ1n) is 9.04. The molecule has 0 fully saturated rings. The van der Waals surface area contributed by atoms with Gasteiger partial charge in [-0.2, -0.15) is 0 Å². The first-order chi connectivity index (χ1) is 15.0. The van der Waals surface area contributed by atoms with Gasteiger partial charge >= 0.3 is 0 Å². The van der Waals surface area contributed by atoms with Crippen LogP contribution in [0.4, 0.5) is 10.8 Å². The van der Waals surface area contributed by atoms with E-state index in [1.54, 1.807) is 18.2 Å². The van der Waals surface area contributed by atoms with Crippen LogP contribution < -0.4 is 15.4 Å². The van der Waals surface area contributed by atoms with Crippen molar-refractivity contribution in [2.45, 2.75) is 10.1 Å². The summed E-state index contributed by atoms with van der Waals surface area (Å²) in [5, 5.41) is 14.4. The molecule has 3 aromatic rings. The summed E-state index contributed by atoms with van der Waals surface area (Å²) in [6.07, 6.45) is 0. The summed E-state index contributed by atoms with van der Waals surface area (Å²) in [5.41, 5.74) is 1.67. The Labute approximate surface area is 197 Å². The summed E-state index contributed by atoms with van der Waals surface area (Å²) in [7, 11) is 1.52. The van der Waals surface area contributed by atoms with Gasteiger partial charge in [-0.3, -0.25) is 14.9 Å². The molecule has 0 aliphatic carbocycles. The summed E-state index contributed by atoms with van der Waals surface area (Å²) in [5.74, 6) is 1.36. The summed E-state index contributed by atoms with van der Waals surface area (Å²) in [6, 6.07) is 15.0. The van der Waals surface area contributed by atoms with E-state index in [1.807, 2.05) is 30.3 Å². The van der Waals surface area contributed by atoms with Crippen LogP contribution in [0.15, 0.2) is 52.9 Å². The third-order valence-electron chi connectivity index (χ3n) is 3.76. The van der Waals surface area contributed by atoms with Crippen LogP contribution in [0.2, 0.25) is 5.02 Å². The summed E-state index contributed by atoms with van der Waals surface area (Å²) in [6.45, 7) is 0. The smallest absolute Gasteiger partial charge is 0.236 e. The van der Waals surface area contributed by atoms with E-state index in [0.717, 1.165) is 5.75 Å². The number of halogens is 1. The predicted octanol–water partition coefficient (Wildman–Crippen LogP) is 4.80. The average molecular weight is 495 g/mol. The largest absolute Gasteiger partial charge is 0.495 e. The van der Waals surface area contributed by atoms with Crippen molar-refractivity contribution in [3.05, 3.63) is 59.1 Å². The van der Waals surface area contributed by atoms with Gasteiger partial charge in [0.1, 0.15) is 5.75 Å². The zero-order chi connectivity index (χ0) is 22.1. The fraction of sp³-hybridized carbons (Fsp3) is 0.200. The molecule has 3 rings (SSSR count). The molecule has 2 N–H and O–H groups in total. The van der Waals surface area contributed by atoms with Crippen molar-refractivity contribution < 1.29 is 14.3 Å². The second-order valence-corrected chi connectivity index (χ2v) is 9.70. The maximum atomic E-state index is 12.2. The molecular weight excluding hydrogens is 476 g/mol. The van der Waals surface area contributed by atoms with Crippen molar-refractivity contribution in [2.24, 2.45) is 0 Å². The first kappa shape index (κ1) is 23.4. The topological polar surface area (TPSA) is 93.2 Å². The number of rotatable bonds is 10. The fourth-order valence-corrected chi connectivity index (χ4v) is 4.93. The molecule has 0 aliphatic rings. The summed E-state index contributed by atoms with van der Waals surface area (Å²) in [4.78, 5) is 24.3. The number of amides is 2. The van der Waals surface area contributed by atoms with Crippen LogP contribution in [-0.2, 0) is 15.3 Å². The Morgan fingerprint density at radius 3 is 2.61 bits per heavy atom. The van der Waals surface area contributed by atoms with Crippen molar-refractivity contribution in [3.8, 4) is 5.75 Å². The Morgan fingerprint density at radius 1 is 1.06 bits per heavy atom. The fourth-order valence-electron chi connectivity index (χ4n) is 2.40. The normalized spacial score (nSPS) is 10.5. The van der Waals surface area contributed by atoms with Gasteiger partial charge in [0, 0.05) is 10.8 Å². The van der Waals surface area contributed by atoms with Gasteiger partial charge in [-0.05, 0) is 23.8 Å². The highest BCUT2D eigenvalue weighted by Crippen LogP contribution is 2.29. The van der Waals surface area contributed by atoms with E-state index >= 15 is 0 Å². The Morgan fingerprint density at radius 2 is 1.84 bits per heavy atom. The number of nitrogens with zero attached hydrogens (tertiary/aromatic N) is 2. The van der Waals surface area contributed by atoms with Crippen molar-refractivity contribution in [1.82, 2.24) is 10.2 Å². The Kier molecular flexibility index (Phi) is 9.01. The number of hydrogen-bond donors (Lipinski definition) is 2. The van der Waals surface area contributed by atoms with Crippen molar-refractivity contribution in [2.75, 3.05) is 29.2 Å². The molecule has 0 saturated carbocycles. The number of carbonyl (C=O) groups is 2. The molecule has 0 bridgehead atoms. The monoisotopic (exact) mass is 494 g/mol. The van der Waals surface area contributed by atoms with Gasteiger partial charge in [-0.15, -0.1) is 22.0 Å². The number of ether oxygens (including phenoxy) is 1. The number of benzene rings is 2. The van der Waals surface area contributed by atoms with E-state index in [9.17, 15) is 9.59 Å². The molecule has 1 aromatic heterocycles. The molecule has 7 nitrogen and oxygen atoms in total. The molecule has 0 aliphatic heterocycles.